The number of aliphatic hydroxyl groups is 1. The largest absolute Gasteiger partial charge is 0.449 e. The molecule has 0 unspecified atom stereocenters. The number of fused-ring (bicyclic) bond motifs is 1. The van der Waals surface area contributed by atoms with Gasteiger partial charge in [0.05, 0.1) is 40.2 Å². The molecule has 3 aromatic rings. The summed E-state index contributed by atoms with van der Waals surface area (Å²) >= 11 is 1.43. The van der Waals surface area contributed by atoms with E-state index >= 15 is 0 Å². The van der Waals surface area contributed by atoms with Gasteiger partial charge >= 0.3 is 12.3 Å². The molecule has 1 amide bonds. The van der Waals surface area contributed by atoms with Crippen LogP contribution in [0.4, 0.5) is 29.7 Å². The fraction of sp³-hybridized carbons (Fsp3) is 0.520. The van der Waals surface area contributed by atoms with Crippen LogP contribution in [-0.4, -0.2) is 75.6 Å². The number of halogens is 3. The minimum Gasteiger partial charge on any atom is -0.449 e. The van der Waals surface area contributed by atoms with Crippen LogP contribution in [0.25, 0.3) is 20.8 Å². The maximum absolute atomic E-state index is 12.8. The van der Waals surface area contributed by atoms with Crippen LogP contribution in [0.3, 0.4) is 0 Å². The van der Waals surface area contributed by atoms with E-state index < -0.39 is 24.9 Å². The molecular weight excluding hydrogens is 521 g/mol. The third-order valence-electron chi connectivity index (χ3n) is 6.80. The second-order valence-corrected chi connectivity index (χ2v) is 10.8. The van der Waals surface area contributed by atoms with Gasteiger partial charge in [-0.1, -0.05) is 12.1 Å². The van der Waals surface area contributed by atoms with Gasteiger partial charge in [0.25, 0.3) is 0 Å². The summed E-state index contributed by atoms with van der Waals surface area (Å²) in [6.07, 6.45) is -2.66. The number of aryl methyl sites for hydroxylation is 1. The number of thiazole rings is 1. The van der Waals surface area contributed by atoms with Gasteiger partial charge in [0.1, 0.15) is 17.4 Å². The number of carbonyl (C=O) groups excluding carboxylic acids is 1. The number of likely N-dealkylation sites (tertiary alicyclic amines) is 1. The van der Waals surface area contributed by atoms with Gasteiger partial charge in [-0.2, -0.15) is 18.2 Å². The first-order valence-corrected chi connectivity index (χ1v) is 13.4. The third-order valence-corrected chi connectivity index (χ3v) is 7.85. The first kappa shape index (κ1) is 26.4. The van der Waals surface area contributed by atoms with Gasteiger partial charge in [-0.25, -0.2) is 14.8 Å². The highest BCUT2D eigenvalue weighted by atomic mass is 32.1. The molecule has 2 aliphatic rings. The maximum atomic E-state index is 12.8. The van der Waals surface area contributed by atoms with Crippen molar-refractivity contribution in [3.8, 4) is 10.6 Å². The van der Waals surface area contributed by atoms with E-state index in [1.165, 1.54) is 11.3 Å². The van der Waals surface area contributed by atoms with Crippen LogP contribution in [-0.2, 0) is 4.74 Å². The van der Waals surface area contributed by atoms with Gasteiger partial charge < -0.3 is 25.4 Å². The Bertz CT molecular complexity index is 1260. The smallest absolute Gasteiger partial charge is 0.409 e. The second kappa shape index (κ2) is 10.9. The minimum absolute atomic E-state index is 0.0642. The van der Waals surface area contributed by atoms with Crippen LogP contribution >= 0.6 is 11.3 Å². The van der Waals surface area contributed by atoms with Crippen molar-refractivity contribution in [3.63, 3.8) is 0 Å². The number of aliphatic hydroxyl groups excluding tert-OH is 1. The number of amides is 1. The summed E-state index contributed by atoms with van der Waals surface area (Å²) in [6, 6.07) is 7.16. The van der Waals surface area contributed by atoms with E-state index in [0.717, 1.165) is 23.1 Å². The molecule has 1 aliphatic heterocycles. The molecule has 9 nitrogen and oxygen atoms in total. The standard InChI is InChI=1S/C25H29F3N6O3S/c1-14-20(22-32-16-6-2-3-7-19(16)38-22)21(33-23(30-14)29-13-25(26,27)28)31-17-10-15(11-18(17)35)12-37-24(36)34-8-4-5-9-34/h2-3,6-7,15,17-18,35H,4-5,8-13H2,1H3,(H2,29,30,31,33)/t15-,17+,18+/m0/s1. The number of nitrogens with one attached hydrogen (secondary N) is 2. The number of benzene rings is 1. The van der Waals surface area contributed by atoms with Crippen LogP contribution in [0.15, 0.2) is 24.3 Å². The average Bonchev–Trinajstić information content (AvgIpc) is 3.61. The summed E-state index contributed by atoms with van der Waals surface area (Å²) < 4.78 is 45.0. The Morgan fingerprint density at radius 1 is 1.18 bits per heavy atom. The quantitative estimate of drug-likeness (QED) is 0.384. The number of nitrogens with zero attached hydrogens (tertiary/aromatic N) is 4. The van der Waals surface area contributed by atoms with E-state index in [1.54, 1.807) is 11.8 Å². The van der Waals surface area contributed by atoms with Crippen LogP contribution in [0.2, 0.25) is 0 Å². The van der Waals surface area contributed by atoms with Crippen molar-refractivity contribution in [2.75, 3.05) is 36.9 Å². The SMILES string of the molecule is Cc1nc(NCC(F)(F)F)nc(N[C@@H]2C[C@H](COC(=O)N3CCCC3)C[C@H]2O)c1-c1nc2ccccc2s1. The molecule has 1 saturated heterocycles. The van der Waals surface area contributed by atoms with E-state index in [1.807, 2.05) is 24.3 Å². The van der Waals surface area contributed by atoms with Crippen molar-refractivity contribution in [2.24, 2.45) is 5.92 Å². The van der Waals surface area contributed by atoms with Gasteiger partial charge in [-0.05, 0) is 50.7 Å². The highest BCUT2D eigenvalue weighted by molar-refractivity contribution is 7.21. The van der Waals surface area contributed by atoms with E-state index in [4.69, 9.17) is 4.74 Å². The number of ether oxygens (including phenoxy) is 1. The fourth-order valence-electron chi connectivity index (χ4n) is 4.94. The molecule has 1 aromatic carbocycles. The zero-order valence-corrected chi connectivity index (χ0v) is 21.6. The molecule has 0 spiro atoms. The number of rotatable bonds is 7. The number of aromatic nitrogens is 3. The van der Waals surface area contributed by atoms with Crippen LogP contribution in [0.5, 0.6) is 0 Å². The highest BCUT2D eigenvalue weighted by Gasteiger charge is 2.35. The number of anilines is 2. The second-order valence-electron chi connectivity index (χ2n) is 9.74. The molecule has 3 N–H and O–H groups in total. The molecule has 2 fully saturated rings. The normalized spacial score (nSPS) is 21.7. The molecule has 38 heavy (non-hydrogen) atoms. The first-order chi connectivity index (χ1) is 18.2. The minimum atomic E-state index is -4.43. The number of carbonyl (C=O) groups is 1. The molecule has 3 heterocycles. The Balaban J connectivity index is 1.36. The molecule has 13 heteroatoms. The zero-order valence-electron chi connectivity index (χ0n) is 20.8. The van der Waals surface area contributed by atoms with E-state index in [-0.39, 0.29) is 24.6 Å². The molecule has 1 saturated carbocycles. The van der Waals surface area contributed by atoms with Crippen molar-refractivity contribution in [1.29, 1.82) is 0 Å². The number of hydrogen-bond donors (Lipinski definition) is 3. The fourth-order valence-corrected chi connectivity index (χ4v) is 6.00. The number of alkyl halides is 3. The highest BCUT2D eigenvalue weighted by Crippen LogP contribution is 2.38. The molecule has 1 aliphatic carbocycles. The molecule has 3 atom stereocenters. The first-order valence-electron chi connectivity index (χ1n) is 12.6. The van der Waals surface area contributed by atoms with E-state index in [2.05, 4.69) is 25.6 Å². The zero-order chi connectivity index (χ0) is 26.9. The van der Waals surface area contributed by atoms with Crippen molar-refractivity contribution >= 4 is 39.4 Å². The van der Waals surface area contributed by atoms with Crippen molar-refractivity contribution in [2.45, 2.75) is 50.9 Å². The molecular formula is C25H29F3N6O3S. The molecule has 204 valence electrons. The lowest BCUT2D eigenvalue weighted by Gasteiger charge is -2.21. The van der Waals surface area contributed by atoms with Gasteiger partial charge in [-0.15, -0.1) is 11.3 Å². The van der Waals surface area contributed by atoms with E-state index in [9.17, 15) is 23.1 Å². The summed E-state index contributed by atoms with van der Waals surface area (Å²) in [6.45, 7) is 2.00. The predicted molar refractivity (Wildman–Crippen MR) is 138 cm³/mol. The van der Waals surface area contributed by atoms with Crippen LogP contribution < -0.4 is 10.6 Å². The summed E-state index contributed by atoms with van der Waals surface area (Å²) in [7, 11) is 0. The van der Waals surface area contributed by atoms with E-state index in [0.29, 0.717) is 48.0 Å². The average molecular weight is 551 g/mol. The Hall–Kier alpha value is -3.19. The summed E-state index contributed by atoms with van der Waals surface area (Å²) in [5, 5.41) is 16.9. The van der Waals surface area contributed by atoms with Crippen molar-refractivity contribution in [1.82, 2.24) is 19.9 Å². The van der Waals surface area contributed by atoms with Crippen LogP contribution in [0, 0.1) is 12.8 Å². The lowest BCUT2D eigenvalue weighted by Crippen LogP contribution is -2.30. The van der Waals surface area contributed by atoms with Crippen molar-refractivity contribution < 1.29 is 27.8 Å². The number of para-hydroxylation sites is 1. The maximum Gasteiger partial charge on any atom is 0.409 e. The lowest BCUT2D eigenvalue weighted by molar-refractivity contribution is -0.115. The third kappa shape index (κ3) is 6.09. The molecule has 2 aromatic heterocycles. The Labute approximate surface area is 221 Å². The van der Waals surface area contributed by atoms with Gasteiger partial charge in [-0.3, -0.25) is 0 Å². The monoisotopic (exact) mass is 550 g/mol. The number of hydrogen-bond acceptors (Lipinski definition) is 9. The topological polar surface area (TPSA) is 113 Å². The van der Waals surface area contributed by atoms with Gasteiger partial charge in [0.2, 0.25) is 5.95 Å². The van der Waals surface area contributed by atoms with Crippen LogP contribution in [0.1, 0.15) is 31.4 Å². The Kier molecular flexibility index (Phi) is 7.57. The summed E-state index contributed by atoms with van der Waals surface area (Å²) in [4.78, 5) is 27.2. The molecule has 0 radical (unpaired) electrons. The Morgan fingerprint density at radius 3 is 2.68 bits per heavy atom. The van der Waals surface area contributed by atoms with Crippen molar-refractivity contribution in [3.05, 3.63) is 30.0 Å². The summed E-state index contributed by atoms with van der Waals surface area (Å²) in [5.74, 6) is 0.0569. The predicted octanol–water partition coefficient (Wildman–Crippen LogP) is 4.82. The lowest BCUT2D eigenvalue weighted by atomic mass is 10.1. The Morgan fingerprint density at radius 2 is 1.95 bits per heavy atom. The molecule has 5 rings (SSSR count). The van der Waals surface area contributed by atoms with Gasteiger partial charge in [0.15, 0.2) is 0 Å². The van der Waals surface area contributed by atoms with Gasteiger partial charge in [0, 0.05) is 13.1 Å². The summed E-state index contributed by atoms with van der Waals surface area (Å²) in [5.41, 5.74) is 1.81. The molecule has 0 bridgehead atoms.